The van der Waals surface area contributed by atoms with Gasteiger partial charge in [0, 0.05) is 16.5 Å². The number of rotatable bonds is 3. The Hall–Kier alpha value is -4.88. The smallest absolute Gasteiger partial charge is 0.143 e. The molecule has 1 heteroatoms. The van der Waals surface area contributed by atoms with Gasteiger partial charge >= 0.3 is 0 Å². The van der Waals surface area contributed by atoms with Crippen molar-refractivity contribution < 1.29 is 11.3 Å². The first-order valence-electron chi connectivity index (χ1n) is 14.8. The summed E-state index contributed by atoms with van der Waals surface area (Å²) in [7, 11) is 0. The zero-order valence-electron chi connectivity index (χ0n) is 24.7. The van der Waals surface area contributed by atoms with Crippen LogP contribution in [0.4, 0.5) is 0 Å². The molecule has 7 aromatic carbocycles. The molecule has 0 spiro atoms. The molecule has 0 fully saturated rings. The predicted octanol–water partition coefficient (Wildman–Crippen LogP) is 10.3. The molecule has 0 bridgehead atoms. The van der Waals surface area contributed by atoms with Crippen molar-refractivity contribution >= 4 is 43.3 Å². The summed E-state index contributed by atoms with van der Waals surface area (Å²) in [5, 5.41) is 7.53. The molecule has 0 saturated heterocycles. The van der Waals surface area contributed by atoms with Gasteiger partial charge in [-0.25, -0.2) is 0 Å². The highest BCUT2D eigenvalue weighted by molar-refractivity contribution is 6.28. The van der Waals surface area contributed by atoms with Crippen molar-refractivity contribution in [2.45, 2.75) is 0 Å². The molecule has 8 rings (SSSR count). The van der Waals surface area contributed by atoms with Crippen LogP contribution in [0.15, 0.2) is 138 Å². The van der Waals surface area contributed by atoms with E-state index in [9.17, 15) is 0 Å². The van der Waals surface area contributed by atoms with Gasteiger partial charge in [-0.1, -0.05) is 127 Å². The summed E-state index contributed by atoms with van der Waals surface area (Å²) in [4.78, 5) is 0. The van der Waals surface area contributed by atoms with Crippen molar-refractivity contribution in [2.75, 3.05) is 0 Å². The average molecular weight is 476 g/mol. The van der Waals surface area contributed by atoms with Gasteiger partial charge in [0.25, 0.3) is 0 Å². The molecule has 172 valence electrons. The van der Waals surface area contributed by atoms with Gasteiger partial charge in [-0.2, -0.15) is 0 Å². The Bertz CT molecular complexity index is 2330. The molecule has 0 aliphatic carbocycles. The SMILES string of the molecule is [2H]c1c([2H])c([2H])c(-c2oc3ccccc3c2-c2ccc3ccc4c(-c5ccccc5)ccc5ccc2c3c54)c([2H])c1[2H]. The Morgan fingerprint density at radius 3 is 1.86 bits per heavy atom. The van der Waals surface area contributed by atoms with Crippen molar-refractivity contribution in [3.05, 3.63) is 133 Å². The molecule has 0 unspecified atom stereocenters. The standard InChI is InChI=1S/C36H22O/c1-3-9-23(10-4-1)27-19-15-24-17-21-29-30(22-18-25-16-20-28(27)33(24)34(25)29)35-31-13-7-8-14-32(31)37-36(35)26-11-5-2-6-12-26/h1-22H/i2D,5D,6D,11D,12D. The molecule has 0 N–H and O–H groups in total. The lowest BCUT2D eigenvalue weighted by atomic mass is 9.86. The van der Waals surface area contributed by atoms with Crippen molar-refractivity contribution in [1.29, 1.82) is 0 Å². The van der Waals surface area contributed by atoms with Gasteiger partial charge in [0.2, 0.25) is 0 Å². The van der Waals surface area contributed by atoms with Gasteiger partial charge in [0.1, 0.15) is 11.3 Å². The molecule has 0 amide bonds. The molecule has 1 nitrogen and oxygen atoms in total. The second-order valence-corrected chi connectivity index (χ2v) is 9.32. The molecular weight excluding hydrogens is 448 g/mol. The molecule has 8 aromatic rings. The van der Waals surface area contributed by atoms with Gasteiger partial charge in [-0.3, -0.25) is 0 Å². The van der Waals surface area contributed by atoms with Gasteiger partial charge in [0.15, 0.2) is 0 Å². The highest BCUT2D eigenvalue weighted by Crippen LogP contribution is 2.47. The van der Waals surface area contributed by atoms with Gasteiger partial charge in [-0.15, -0.1) is 0 Å². The van der Waals surface area contributed by atoms with E-state index in [1.807, 2.05) is 30.3 Å². The van der Waals surface area contributed by atoms with Gasteiger partial charge < -0.3 is 4.42 Å². The van der Waals surface area contributed by atoms with Crippen LogP contribution in [0.1, 0.15) is 6.85 Å². The van der Waals surface area contributed by atoms with Crippen LogP contribution in [0.3, 0.4) is 0 Å². The van der Waals surface area contributed by atoms with Crippen LogP contribution in [0.25, 0.3) is 76.9 Å². The molecular formula is C36H22O. The zero-order valence-corrected chi connectivity index (χ0v) is 19.7. The van der Waals surface area contributed by atoms with E-state index in [-0.39, 0.29) is 35.5 Å². The van der Waals surface area contributed by atoms with Crippen LogP contribution < -0.4 is 0 Å². The lowest BCUT2D eigenvalue weighted by Gasteiger charge is -2.16. The summed E-state index contributed by atoms with van der Waals surface area (Å²) in [6.45, 7) is 0. The van der Waals surface area contributed by atoms with E-state index in [1.54, 1.807) is 0 Å². The highest BCUT2D eigenvalue weighted by Gasteiger charge is 2.21. The van der Waals surface area contributed by atoms with Crippen molar-refractivity contribution in [3.8, 4) is 33.6 Å². The predicted molar refractivity (Wildman–Crippen MR) is 156 cm³/mol. The average Bonchev–Trinajstić information content (AvgIpc) is 3.40. The lowest BCUT2D eigenvalue weighted by Crippen LogP contribution is -1.90. The maximum absolute atomic E-state index is 8.71. The first kappa shape index (κ1) is 16.0. The van der Waals surface area contributed by atoms with Crippen LogP contribution in [0.2, 0.25) is 0 Å². The fraction of sp³-hybridized carbons (Fsp3) is 0. The Morgan fingerprint density at radius 1 is 0.486 bits per heavy atom. The largest absolute Gasteiger partial charge is 0.455 e. The van der Waals surface area contributed by atoms with Crippen LogP contribution >= 0.6 is 0 Å². The third-order valence-electron chi connectivity index (χ3n) is 7.34. The zero-order chi connectivity index (χ0) is 28.7. The fourth-order valence-corrected chi connectivity index (χ4v) is 5.74. The molecule has 0 aliphatic heterocycles. The quantitative estimate of drug-likeness (QED) is 0.232. The maximum atomic E-state index is 8.71. The summed E-state index contributed by atoms with van der Waals surface area (Å²) in [5.41, 5.74) is 4.56. The second-order valence-electron chi connectivity index (χ2n) is 9.32. The molecule has 0 atom stereocenters. The normalized spacial score (nSPS) is 13.7. The lowest BCUT2D eigenvalue weighted by molar-refractivity contribution is 0.632. The van der Waals surface area contributed by atoms with Crippen LogP contribution in [0.5, 0.6) is 0 Å². The third-order valence-corrected chi connectivity index (χ3v) is 7.34. The van der Waals surface area contributed by atoms with E-state index >= 15 is 0 Å². The van der Waals surface area contributed by atoms with E-state index in [1.165, 1.54) is 5.39 Å². The van der Waals surface area contributed by atoms with E-state index in [2.05, 4.69) is 72.8 Å². The summed E-state index contributed by atoms with van der Waals surface area (Å²) in [6.07, 6.45) is 0. The Kier molecular flexibility index (Phi) is 3.37. The number of hydrogen-bond acceptors (Lipinski definition) is 1. The third kappa shape index (κ3) is 2.98. The van der Waals surface area contributed by atoms with Gasteiger partial charge in [0.05, 0.1) is 6.85 Å². The number of fused-ring (bicyclic) bond motifs is 1. The first-order valence-corrected chi connectivity index (χ1v) is 12.3. The maximum Gasteiger partial charge on any atom is 0.143 e. The Balaban J connectivity index is 1.50. The summed E-state index contributed by atoms with van der Waals surface area (Å²) in [6, 6.07) is 33.3. The molecule has 0 aliphatic rings. The van der Waals surface area contributed by atoms with E-state index in [4.69, 9.17) is 11.3 Å². The topological polar surface area (TPSA) is 13.1 Å². The summed E-state index contributed by atoms with van der Waals surface area (Å²) < 4.78 is 48.5. The summed E-state index contributed by atoms with van der Waals surface area (Å²) in [5.74, 6) is 0.271. The minimum absolute atomic E-state index is 0.0595. The molecule has 1 heterocycles. The monoisotopic (exact) mass is 475 g/mol. The minimum Gasteiger partial charge on any atom is -0.455 e. The number of furan rings is 1. The van der Waals surface area contributed by atoms with Crippen molar-refractivity contribution in [2.24, 2.45) is 0 Å². The number of para-hydroxylation sites is 1. The second kappa shape index (κ2) is 7.81. The van der Waals surface area contributed by atoms with Crippen LogP contribution in [-0.4, -0.2) is 0 Å². The Morgan fingerprint density at radius 2 is 1.11 bits per heavy atom. The Labute approximate surface area is 221 Å². The molecule has 1 aromatic heterocycles. The minimum atomic E-state index is -0.427. The molecule has 0 radical (unpaired) electrons. The van der Waals surface area contributed by atoms with Crippen LogP contribution in [0, 0.1) is 0 Å². The van der Waals surface area contributed by atoms with Crippen LogP contribution in [-0.2, 0) is 0 Å². The number of benzene rings is 7. The molecule has 0 saturated carbocycles. The highest BCUT2D eigenvalue weighted by atomic mass is 16.3. The summed E-state index contributed by atoms with van der Waals surface area (Å²) >= 11 is 0. The fourth-order valence-electron chi connectivity index (χ4n) is 5.74. The molecule has 37 heavy (non-hydrogen) atoms. The van der Waals surface area contributed by atoms with Crippen molar-refractivity contribution in [3.63, 3.8) is 0 Å². The van der Waals surface area contributed by atoms with E-state index in [0.29, 0.717) is 11.1 Å². The number of hydrogen-bond donors (Lipinski definition) is 0. The van der Waals surface area contributed by atoms with Crippen molar-refractivity contribution in [1.82, 2.24) is 0 Å². The van der Waals surface area contributed by atoms with E-state index in [0.717, 1.165) is 49.0 Å². The van der Waals surface area contributed by atoms with E-state index < -0.39 is 6.04 Å². The van der Waals surface area contributed by atoms with Gasteiger partial charge in [-0.05, 0) is 55.1 Å². The first-order chi connectivity index (χ1) is 20.4.